The molecule has 0 aromatic heterocycles. The molecule has 2 aromatic carbocycles. The average molecular weight is 421 g/mol. The van der Waals surface area contributed by atoms with Crippen molar-refractivity contribution in [2.45, 2.75) is 31.6 Å². The number of hydrogen-bond acceptors (Lipinski definition) is 3. The molecule has 0 radical (unpaired) electrons. The van der Waals surface area contributed by atoms with Crippen LogP contribution >= 0.6 is 11.6 Å². The smallest absolute Gasteiger partial charge is 0.264 e. The van der Waals surface area contributed by atoms with Gasteiger partial charge < -0.3 is 4.90 Å². The van der Waals surface area contributed by atoms with Gasteiger partial charge >= 0.3 is 0 Å². The molecule has 150 valence electrons. The zero-order valence-electron chi connectivity index (χ0n) is 16.1. The van der Waals surface area contributed by atoms with Crippen LogP contribution in [0.5, 0.6) is 0 Å². The molecular formula is C21H25ClN2O3S. The van der Waals surface area contributed by atoms with Crippen molar-refractivity contribution in [2.24, 2.45) is 5.92 Å². The van der Waals surface area contributed by atoms with Gasteiger partial charge in [-0.1, -0.05) is 36.2 Å². The lowest BCUT2D eigenvalue weighted by molar-refractivity contribution is -0.131. The summed E-state index contributed by atoms with van der Waals surface area (Å²) in [7, 11) is -3.90. The van der Waals surface area contributed by atoms with Crippen LogP contribution in [0.2, 0.25) is 5.02 Å². The summed E-state index contributed by atoms with van der Waals surface area (Å²) < 4.78 is 27.8. The first-order valence-electron chi connectivity index (χ1n) is 9.40. The molecule has 1 saturated heterocycles. The minimum atomic E-state index is -3.90. The Labute approximate surface area is 172 Å². The van der Waals surface area contributed by atoms with Gasteiger partial charge in [-0.05, 0) is 62.1 Å². The van der Waals surface area contributed by atoms with E-state index in [2.05, 4.69) is 6.92 Å². The molecule has 2 aromatic rings. The van der Waals surface area contributed by atoms with E-state index >= 15 is 0 Å². The molecule has 0 unspecified atom stereocenters. The second-order valence-corrected chi connectivity index (χ2v) is 9.69. The summed E-state index contributed by atoms with van der Waals surface area (Å²) in [5, 5.41) is 0.458. The van der Waals surface area contributed by atoms with E-state index in [1.54, 1.807) is 17.0 Å². The van der Waals surface area contributed by atoms with Crippen LogP contribution in [0.4, 0.5) is 5.69 Å². The first-order valence-corrected chi connectivity index (χ1v) is 11.2. The Bertz CT molecular complexity index is 927. The summed E-state index contributed by atoms with van der Waals surface area (Å²) >= 11 is 5.91. The quantitative estimate of drug-likeness (QED) is 0.731. The van der Waals surface area contributed by atoms with Crippen LogP contribution in [-0.2, 0) is 14.8 Å². The lowest BCUT2D eigenvalue weighted by atomic mass is 10.0. The van der Waals surface area contributed by atoms with E-state index in [0.717, 1.165) is 18.4 Å². The Morgan fingerprint density at radius 3 is 2.39 bits per heavy atom. The molecule has 0 N–H and O–H groups in total. The number of hydrogen-bond donors (Lipinski definition) is 0. The molecule has 0 aliphatic carbocycles. The third kappa shape index (κ3) is 4.67. The fourth-order valence-corrected chi connectivity index (χ4v) is 4.94. The summed E-state index contributed by atoms with van der Waals surface area (Å²) in [5.74, 6) is 0.253. The monoisotopic (exact) mass is 420 g/mol. The molecule has 7 heteroatoms. The van der Waals surface area contributed by atoms with Gasteiger partial charge in [0, 0.05) is 18.1 Å². The number of carbonyl (C=O) groups is 1. The molecule has 1 aliphatic heterocycles. The Balaban J connectivity index is 1.94. The number of carbonyl (C=O) groups excluding carboxylic acids is 1. The van der Waals surface area contributed by atoms with Crippen LogP contribution in [0, 0.1) is 12.8 Å². The highest BCUT2D eigenvalue weighted by Gasteiger charge is 2.30. The van der Waals surface area contributed by atoms with Crippen molar-refractivity contribution in [2.75, 3.05) is 23.9 Å². The minimum Gasteiger partial charge on any atom is -0.341 e. The molecule has 0 saturated carbocycles. The maximum atomic E-state index is 13.3. The normalized spacial score (nSPS) is 17.4. The van der Waals surface area contributed by atoms with Crippen LogP contribution in [0.25, 0.3) is 0 Å². The second kappa shape index (κ2) is 8.53. The van der Waals surface area contributed by atoms with Gasteiger partial charge in [0.25, 0.3) is 10.0 Å². The van der Waals surface area contributed by atoms with Crippen molar-refractivity contribution in [1.29, 1.82) is 0 Å². The fraction of sp³-hybridized carbons (Fsp3) is 0.381. The molecule has 1 amide bonds. The Morgan fingerprint density at radius 1 is 1.14 bits per heavy atom. The van der Waals surface area contributed by atoms with Gasteiger partial charge in [0.2, 0.25) is 5.91 Å². The van der Waals surface area contributed by atoms with Gasteiger partial charge in [-0.3, -0.25) is 9.10 Å². The first-order chi connectivity index (χ1) is 13.3. The van der Waals surface area contributed by atoms with E-state index in [1.165, 1.54) is 28.6 Å². The van der Waals surface area contributed by atoms with Gasteiger partial charge in [0.1, 0.15) is 6.54 Å². The van der Waals surface area contributed by atoms with Gasteiger partial charge in [-0.15, -0.1) is 0 Å². The van der Waals surface area contributed by atoms with Crippen LogP contribution in [-0.4, -0.2) is 38.9 Å². The second-order valence-electron chi connectivity index (χ2n) is 7.39. The van der Waals surface area contributed by atoms with Crippen LogP contribution < -0.4 is 4.31 Å². The molecule has 5 nitrogen and oxygen atoms in total. The molecule has 1 atom stereocenters. The van der Waals surface area contributed by atoms with E-state index in [9.17, 15) is 13.2 Å². The van der Waals surface area contributed by atoms with Crippen LogP contribution in [0.3, 0.4) is 0 Å². The highest BCUT2D eigenvalue weighted by molar-refractivity contribution is 7.92. The summed E-state index contributed by atoms with van der Waals surface area (Å²) in [6, 6.07) is 13.1. The zero-order valence-corrected chi connectivity index (χ0v) is 17.7. The van der Waals surface area contributed by atoms with Crippen molar-refractivity contribution >= 4 is 33.2 Å². The van der Waals surface area contributed by atoms with E-state index in [-0.39, 0.29) is 17.3 Å². The highest BCUT2D eigenvalue weighted by Crippen LogP contribution is 2.26. The lowest BCUT2D eigenvalue weighted by Crippen LogP contribution is -2.46. The van der Waals surface area contributed by atoms with Crippen molar-refractivity contribution in [3.63, 3.8) is 0 Å². The molecular weight excluding hydrogens is 396 g/mol. The number of amides is 1. The number of piperidine rings is 1. The van der Waals surface area contributed by atoms with E-state index in [0.29, 0.717) is 29.7 Å². The summed E-state index contributed by atoms with van der Waals surface area (Å²) in [5.41, 5.74) is 1.49. The van der Waals surface area contributed by atoms with Gasteiger partial charge in [0.15, 0.2) is 0 Å². The van der Waals surface area contributed by atoms with Crippen LogP contribution in [0.15, 0.2) is 53.4 Å². The number of sulfonamides is 1. The number of likely N-dealkylation sites (tertiary alicyclic amines) is 1. The van der Waals surface area contributed by atoms with Gasteiger partial charge in [-0.2, -0.15) is 0 Å². The summed E-state index contributed by atoms with van der Waals surface area (Å²) in [6.07, 6.45) is 2.04. The average Bonchev–Trinajstić information content (AvgIpc) is 2.67. The number of nitrogens with zero attached hydrogens (tertiary/aromatic N) is 2. The van der Waals surface area contributed by atoms with E-state index < -0.39 is 10.0 Å². The molecule has 1 fully saturated rings. The highest BCUT2D eigenvalue weighted by atomic mass is 35.5. The summed E-state index contributed by atoms with van der Waals surface area (Å²) in [4.78, 5) is 14.8. The first kappa shape index (κ1) is 20.7. The Morgan fingerprint density at radius 2 is 1.79 bits per heavy atom. The zero-order chi connectivity index (χ0) is 20.3. The predicted molar refractivity (Wildman–Crippen MR) is 112 cm³/mol. The number of aryl methyl sites for hydroxylation is 1. The third-order valence-corrected chi connectivity index (χ3v) is 7.05. The molecule has 3 rings (SSSR count). The predicted octanol–water partition coefficient (Wildman–Crippen LogP) is 4.10. The SMILES string of the molecule is Cc1ccc(N(CC(=O)N2CCC[C@H](C)C2)S(=O)(=O)c2ccc(Cl)cc2)cc1. The Hall–Kier alpha value is -2.05. The number of halogens is 1. The van der Waals surface area contributed by atoms with Gasteiger partial charge in [0.05, 0.1) is 10.6 Å². The van der Waals surface area contributed by atoms with Crippen molar-refractivity contribution in [3.8, 4) is 0 Å². The number of anilines is 1. The lowest BCUT2D eigenvalue weighted by Gasteiger charge is -2.33. The maximum Gasteiger partial charge on any atom is 0.264 e. The molecule has 0 bridgehead atoms. The number of benzene rings is 2. The largest absolute Gasteiger partial charge is 0.341 e. The van der Waals surface area contributed by atoms with Crippen molar-refractivity contribution in [3.05, 3.63) is 59.1 Å². The third-order valence-electron chi connectivity index (χ3n) is 5.01. The van der Waals surface area contributed by atoms with Crippen LogP contribution in [0.1, 0.15) is 25.3 Å². The van der Waals surface area contributed by atoms with E-state index in [1.807, 2.05) is 19.1 Å². The van der Waals surface area contributed by atoms with E-state index in [4.69, 9.17) is 11.6 Å². The molecule has 1 heterocycles. The minimum absolute atomic E-state index is 0.109. The molecule has 1 aliphatic rings. The Kier molecular flexibility index (Phi) is 6.30. The topological polar surface area (TPSA) is 57.7 Å². The van der Waals surface area contributed by atoms with Gasteiger partial charge in [-0.25, -0.2) is 8.42 Å². The molecule has 0 spiro atoms. The van der Waals surface area contributed by atoms with Crippen molar-refractivity contribution in [1.82, 2.24) is 4.90 Å². The fourth-order valence-electron chi connectivity index (χ4n) is 3.40. The summed E-state index contributed by atoms with van der Waals surface area (Å²) in [6.45, 7) is 5.16. The van der Waals surface area contributed by atoms with Crippen molar-refractivity contribution < 1.29 is 13.2 Å². The standard InChI is InChI=1S/C21H25ClN2O3S/c1-16-5-9-19(10-6-16)24(15-21(25)23-13-3-4-17(2)14-23)28(26,27)20-11-7-18(22)8-12-20/h5-12,17H,3-4,13-15H2,1-2H3/t17-/m0/s1. The number of rotatable bonds is 5. The molecule has 28 heavy (non-hydrogen) atoms. The maximum absolute atomic E-state index is 13.3.